The van der Waals surface area contributed by atoms with Gasteiger partial charge in [-0.25, -0.2) is 4.99 Å². The monoisotopic (exact) mass is 253 g/mol. The molecular formula is C14H27N3O. The third-order valence-electron chi connectivity index (χ3n) is 4.66. The third-order valence-corrected chi connectivity index (χ3v) is 4.66. The van der Waals surface area contributed by atoms with Crippen molar-refractivity contribution in [1.29, 1.82) is 0 Å². The molecule has 2 unspecified atom stereocenters. The van der Waals surface area contributed by atoms with E-state index in [0.29, 0.717) is 24.1 Å². The van der Waals surface area contributed by atoms with Crippen molar-refractivity contribution in [2.45, 2.75) is 70.6 Å². The van der Waals surface area contributed by atoms with Crippen LogP contribution in [0, 0.1) is 5.41 Å². The van der Waals surface area contributed by atoms with E-state index in [9.17, 15) is 0 Å². The Kier molecular flexibility index (Phi) is 4.15. The minimum Gasteiger partial charge on any atom is -0.381 e. The van der Waals surface area contributed by atoms with Gasteiger partial charge in [0.1, 0.15) is 0 Å². The van der Waals surface area contributed by atoms with Gasteiger partial charge in [0, 0.05) is 18.6 Å². The van der Waals surface area contributed by atoms with Crippen molar-refractivity contribution in [2.75, 3.05) is 7.11 Å². The van der Waals surface area contributed by atoms with Gasteiger partial charge in [-0.15, -0.1) is 0 Å². The second-order valence-corrected chi connectivity index (χ2v) is 6.29. The summed E-state index contributed by atoms with van der Waals surface area (Å²) in [7, 11) is 1.77. The molecule has 2 rings (SSSR count). The zero-order valence-electron chi connectivity index (χ0n) is 11.9. The van der Waals surface area contributed by atoms with E-state index >= 15 is 0 Å². The summed E-state index contributed by atoms with van der Waals surface area (Å²) in [5.41, 5.74) is 6.13. The Balaban J connectivity index is 1.85. The maximum Gasteiger partial charge on any atom is 0.189 e. The Morgan fingerprint density at radius 3 is 2.50 bits per heavy atom. The highest BCUT2D eigenvalue weighted by Gasteiger charge is 2.48. The van der Waals surface area contributed by atoms with Crippen LogP contribution in [0.15, 0.2) is 4.99 Å². The van der Waals surface area contributed by atoms with Gasteiger partial charge in [0.25, 0.3) is 0 Å². The second kappa shape index (κ2) is 5.47. The maximum atomic E-state index is 6.02. The molecule has 0 saturated heterocycles. The molecule has 4 heteroatoms. The Hall–Kier alpha value is -0.770. The van der Waals surface area contributed by atoms with E-state index in [1.165, 1.54) is 32.1 Å². The molecule has 0 aromatic heterocycles. The topological polar surface area (TPSA) is 59.6 Å². The first-order chi connectivity index (χ1) is 8.54. The van der Waals surface area contributed by atoms with Gasteiger partial charge in [0.05, 0.1) is 12.1 Å². The zero-order valence-corrected chi connectivity index (χ0v) is 11.9. The summed E-state index contributed by atoms with van der Waals surface area (Å²) >= 11 is 0. The number of nitrogens with one attached hydrogen (secondary N) is 1. The zero-order chi connectivity index (χ0) is 13.2. The predicted octanol–water partition coefficient (Wildman–Crippen LogP) is 2.04. The van der Waals surface area contributed by atoms with Gasteiger partial charge in [-0.3, -0.25) is 0 Å². The van der Waals surface area contributed by atoms with Gasteiger partial charge in [-0.05, 0) is 19.3 Å². The average Bonchev–Trinajstić information content (AvgIpc) is 2.35. The lowest BCUT2D eigenvalue weighted by Crippen LogP contribution is -2.54. The van der Waals surface area contributed by atoms with E-state index < -0.39 is 0 Å². The maximum absolute atomic E-state index is 6.02. The highest BCUT2D eigenvalue weighted by molar-refractivity contribution is 5.78. The molecule has 2 saturated carbocycles. The van der Waals surface area contributed by atoms with E-state index in [-0.39, 0.29) is 5.41 Å². The van der Waals surface area contributed by atoms with Crippen LogP contribution in [0.2, 0.25) is 0 Å². The van der Waals surface area contributed by atoms with Crippen LogP contribution in [-0.4, -0.2) is 31.3 Å². The van der Waals surface area contributed by atoms with Crippen LogP contribution in [0.4, 0.5) is 0 Å². The molecule has 0 aromatic rings. The number of hydrogen-bond donors (Lipinski definition) is 2. The number of aliphatic imine (C=N–C) groups is 1. The molecule has 0 radical (unpaired) electrons. The minimum atomic E-state index is 0.105. The molecule has 18 heavy (non-hydrogen) atoms. The van der Waals surface area contributed by atoms with Crippen molar-refractivity contribution in [2.24, 2.45) is 16.1 Å². The number of nitrogens with zero attached hydrogens (tertiary/aromatic N) is 1. The smallest absolute Gasteiger partial charge is 0.189 e. The largest absolute Gasteiger partial charge is 0.381 e. The number of methoxy groups -OCH3 is 1. The highest BCUT2D eigenvalue weighted by Crippen LogP contribution is 2.44. The van der Waals surface area contributed by atoms with Crippen molar-refractivity contribution in [1.82, 2.24) is 5.32 Å². The molecule has 0 amide bonds. The van der Waals surface area contributed by atoms with Crippen molar-refractivity contribution in [3.63, 3.8) is 0 Å². The molecule has 2 atom stereocenters. The molecule has 0 aromatic carbocycles. The molecule has 4 nitrogen and oxygen atoms in total. The fraction of sp³-hybridized carbons (Fsp3) is 0.929. The van der Waals surface area contributed by atoms with Crippen molar-refractivity contribution < 1.29 is 4.74 Å². The Morgan fingerprint density at radius 1 is 1.28 bits per heavy atom. The average molecular weight is 253 g/mol. The first-order valence-corrected chi connectivity index (χ1v) is 7.16. The van der Waals surface area contributed by atoms with Crippen LogP contribution in [-0.2, 0) is 4.74 Å². The Labute approximate surface area is 110 Å². The van der Waals surface area contributed by atoms with E-state index in [4.69, 9.17) is 10.5 Å². The highest BCUT2D eigenvalue weighted by atomic mass is 16.5. The van der Waals surface area contributed by atoms with Gasteiger partial charge in [0.15, 0.2) is 5.96 Å². The summed E-state index contributed by atoms with van der Waals surface area (Å²) < 4.78 is 5.43. The van der Waals surface area contributed by atoms with Crippen LogP contribution in [0.25, 0.3) is 0 Å². The number of rotatable bonds is 3. The van der Waals surface area contributed by atoms with E-state index in [2.05, 4.69) is 24.2 Å². The molecule has 0 bridgehead atoms. The van der Waals surface area contributed by atoms with Crippen LogP contribution in [0.5, 0.6) is 0 Å². The summed E-state index contributed by atoms with van der Waals surface area (Å²) in [4.78, 5) is 4.63. The molecule has 3 N–H and O–H groups in total. The summed E-state index contributed by atoms with van der Waals surface area (Å²) in [6, 6.07) is 0.822. The lowest BCUT2D eigenvalue weighted by Gasteiger charge is -2.49. The SMILES string of the molecule is COC1CC(N=C(N)NC2CCCCC2)C1(C)C. The van der Waals surface area contributed by atoms with Crippen molar-refractivity contribution >= 4 is 5.96 Å². The van der Waals surface area contributed by atoms with Crippen LogP contribution >= 0.6 is 0 Å². The number of hydrogen-bond acceptors (Lipinski definition) is 2. The third kappa shape index (κ3) is 2.79. The Bertz CT molecular complexity index is 308. The van der Waals surface area contributed by atoms with Gasteiger partial charge >= 0.3 is 0 Å². The van der Waals surface area contributed by atoms with Crippen LogP contribution in [0.3, 0.4) is 0 Å². The van der Waals surface area contributed by atoms with Crippen LogP contribution < -0.4 is 11.1 Å². The van der Waals surface area contributed by atoms with Gasteiger partial charge in [0.2, 0.25) is 0 Å². The minimum absolute atomic E-state index is 0.105. The summed E-state index contributed by atoms with van der Waals surface area (Å²) in [5.74, 6) is 0.620. The number of ether oxygens (including phenoxy) is 1. The lowest BCUT2D eigenvalue weighted by atomic mass is 9.65. The molecule has 104 valence electrons. The standard InChI is InChI=1S/C14H27N3O/c1-14(2)11(9-12(14)18-3)17-13(15)16-10-7-5-4-6-8-10/h10-12H,4-9H2,1-3H3,(H3,15,16,17). The van der Waals surface area contributed by atoms with Gasteiger partial charge in [-0.1, -0.05) is 33.1 Å². The van der Waals surface area contributed by atoms with Crippen molar-refractivity contribution in [3.05, 3.63) is 0 Å². The normalized spacial score (nSPS) is 32.9. The molecular weight excluding hydrogens is 226 g/mol. The van der Waals surface area contributed by atoms with E-state index in [1.54, 1.807) is 7.11 Å². The number of nitrogens with two attached hydrogens (primary N) is 1. The molecule has 2 aliphatic rings. The first kappa shape index (κ1) is 13.7. The van der Waals surface area contributed by atoms with E-state index in [1.807, 2.05) is 0 Å². The summed E-state index contributed by atoms with van der Waals surface area (Å²) in [6.07, 6.45) is 7.73. The van der Waals surface area contributed by atoms with Crippen molar-refractivity contribution in [3.8, 4) is 0 Å². The summed E-state index contributed by atoms with van der Waals surface area (Å²) in [6.45, 7) is 4.40. The quantitative estimate of drug-likeness (QED) is 0.597. The Morgan fingerprint density at radius 2 is 1.94 bits per heavy atom. The molecule has 2 aliphatic carbocycles. The number of guanidine groups is 1. The summed E-state index contributed by atoms with van der Waals surface area (Å²) in [5, 5.41) is 3.38. The molecule has 2 fully saturated rings. The first-order valence-electron chi connectivity index (χ1n) is 7.16. The molecule has 0 aliphatic heterocycles. The fourth-order valence-corrected chi connectivity index (χ4v) is 3.14. The lowest BCUT2D eigenvalue weighted by molar-refractivity contribution is -0.0851. The molecule has 0 spiro atoms. The second-order valence-electron chi connectivity index (χ2n) is 6.29. The van der Waals surface area contributed by atoms with E-state index in [0.717, 1.165) is 6.42 Å². The van der Waals surface area contributed by atoms with Gasteiger partial charge in [-0.2, -0.15) is 0 Å². The predicted molar refractivity (Wildman–Crippen MR) is 74.6 cm³/mol. The fourth-order valence-electron chi connectivity index (χ4n) is 3.14. The van der Waals surface area contributed by atoms with Gasteiger partial charge < -0.3 is 15.8 Å². The van der Waals surface area contributed by atoms with Crippen LogP contribution in [0.1, 0.15) is 52.4 Å². The molecule has 0 heterocycles.